The molecule has 0 saturated heterocycles. The molecule has 1 atom stereocenters. The van der Waals surface area contributed by atoms with Crippen LogP contribution in [0.4, 0.5) is 0 Å². The summed E-state index contributed by atoms with van der Waals surface area (Å²) in [4.78, 5) is 0. The number of allylic oxidation sites excluding steroid dienone is 8. The second-order valence-electron chi connectivity index (χ2n) is 5.24. The summed E-state index contributed by atoms with van der Waals surface area (Å²) in [6, 6.07) is 10.9. The Morgan fingerprint density at radius 3 is 2.47 bits per heavy atom. The maximum atomic E-state index is 2.41. The third-order valence-electron chi connectivity index (χ3n) is 3.91. The van der Waals surface area contributed by atoms with Gasteiger partial charge in [-0.15, -0.1) is 0 Å². The quantitative estimate of drug-likeness (QED) is 0.679. The van der Waals surface area contributed by atoms with Crippen molar-refractivity contribution in [3.8, 4) is 0 Å². The first kappa shape index (κ1) is 12.2. The van der Waals surface area contributed by atoms with E-state index >= 15 is 0 Å². The number of hydrogen-bond donors (Lipinski definition) is 0. The minimum atomic E-state index is 0.447. The Hall–Kier alpha value is -1.82. The van der Waals surface area contributed by atoms with E-state index < -0.39 is 0 Å². The maximum absolute atomic E-state index is 2.41. The molecule has 0 aromatic heterocycles. The van der Waals surface area contributed by atoms with Crippen LogP contribution in [0, 0.1) is 0 Å². The molecule has 0 bridgehead atoms. The van der Waals surface area contributed by atoms with Crippen molar-refractivity contribution in [3.63, 3.8) is 0 Å². The van der Waals surface area contributed by atoms with E-state index in [9.17, 15) is 0 Å². The van der Waals surface area contributed by atoms with Gasteiger partial charge in [0.1, 0.15) is 0 Å². The van der Waals surface area contributed by atoms with Gasteiger partial charge < -0.3 is 0 Å². The monoisotopic (exact) mass is 248 g/mol. The van der Waals surface area contributed by atoms with Gasteiger partial charge in [-0.3, -0.25) is 0 Å². The zero-order valence-electron chi connectivity index (χ0n) is 11.3. The molecule has 0 fully saturated rings. The lowest BCUT2D eigenvalue weighted by Crippen LogP contribution is -2.07. The molecule has 0 N–H and O–H groups in total. The Bertz CT molecular complexity index is 541. The third kappa shape index (κ3) is 2.78. The van der Waals surface area contributed by atoms with Crippen molar-refractivity contribution in [2.75, 3.05) is 0 Å². The van der Waals surface area contributed by atoms with Crippen LogP contribution in [0.3, 0.4) is 0 Å². The summed E-state index contributed by atoms with van der Waals surface area (Å²) in [6.07, 6.45) is 18.5. The van der Waals surface area contributed by atoms with Crippen molar-refractivity contribution in [2.45, 2.75) is 31.6 Å². The normalized spacial score (nSPS) is 19.8. The van der Waals surface area contributed by atoms with E-state index in [0.29, 0.717) is 5.92 Å². The smallest absolute Gasteiger partial charge is 0.0298 e. The highest BCUT2D eigenvalue weighted by molar-refractivity contribution is 5.45. The van der Waals surface area contributed by atoms with E-state index in [1.165, 1.54) is 36.8 Å². The van der Waals surface area contributed by atoms with Crippen molar-refractivity contribution in [1.82, 2.24) is 0 Å². The van der Waals surface area contributed by atoms with Crippen LogP contribution in [0.25, 0.3) is 0 Å². The minimum absolute atomic E-state index is 0.447. The average molecular weight is 248 g/mol. The van der Waals surface area contributed by atoms with Crippen molar-refractivity contribution < 1.29 is 0 Å². The molecular formula is C19H20. The Labute approximate surface area is 115 Å². The molecule has 19 heavy (non-hydrogen) atoms. The molecule has 3 rings (SSSR count). The predicted molar refractivity (Wildman–Crippen MR) is 82.1 cm³/mol. The summed E-state index contributed by atoms with van der Waals surface area (Å²) in [6.45, 7) is 0. The molecule has 96 valence electrons. The summed E-state index contributed by atoms with van der Waals surface area (Å²) in [5.41, 5.74) is 4.44. The molecule has 0 aliphatic heterocycles. The first-order valence-electron chi connectivity index (χ1n) is 7.22. The molecule has 0 amide bonds. The SMILES string of the molecule is C1=CCCC(C(C2=CCCC=C2)c2ccccc2)=C1. The average Bonchev–Trinajstić information content (AvgIpc) is 2.51. The molecule has 0 heterocycles. The fourth-order valence-electron chi connectivity index (χ4n) is 2.98. The van der Waals surface area contributed by atoms with E-state index in [-0.39, 0.29) is 0 Å². The van der Waals surface area contributed by atoms with E-state index in [2.05, 4.69) is 66.8 Å². The van der Waals surface area contributed by atoms with Crippen LogP contribution in [0.15, 0.2) is 77.9 Å². The Morgan fingerprint density at radius 1 is 0.895 bits per heavy atom. The molecule has 0 radical (unpaired) electrons. The molecule has 1 aromatic rings. The summed E-state index contributed by atoms with van der Waals surface area (Å²) in [7, 11) is 0. The minimum Gasteiger partial charge on any atom is -0.0842 e. The Balaban J connectivity index is 2.00. The zero-order chi connectivity index (χ0) is 12.9. The molecule has 0 saturated carbocycles. The van der Waals surface area contributed by atoms with Gasteiger partial charge in [-0.05, 0) is 36.8 Å². The van der Waals surface area contributed by atoms with E-state index in [4.69, 9.17) is 0 Å². The van der Waals surface area contributed by atoms with Gasteiger partial charge in [0.2, 0.25) is 0 Å². The fourth-order valence-corrected chi connectivity index (χ4v) is 2.98. The van der Waals surface area contributed by atoms with Gasteiger partial charge in [-0.25, -0.2) is 0 Å². The molecule has 1 aromatic carbocycles. The zero-order valence-corrected chi connectivity index (χ0v) is 11.3. The van der Waals surface area contributed by atoms with Gasteiger partial charge in [0, 0.05) is 5.92 Å². The van der Waals surface area contributed by atoms with Crippen LogP contribution in [-0.2, 0) is 0 Å². The van der Waals surface area contributed by atoms with Crippen molar-refractivity contribution >= 4 is 0 Å². The van der Waals surface area contributed by atoms with Crippen LogP contribution in [0.5, 0.6) is 0 Å². The van der Waals surface area contributed by atoms with Gasteiger partial charge in [-0.2, -0.15) is 0 Å². The lowest BCUT2D eigenvalue weighted by Gasteiger charge is -2.25. The van der Waals surface area contributed by atoms with Crippen molar-refractivity contribution in [2.24, 2.45) is 0 Å². The van der Waals surface area contributed by atoms with Crippen LogP contribution in [0.1, 0.15) is 37.2 Å². The maximum Gasteiger partial charge on any atom is 0.0298 e. The van der Waals surface area contributed by atoms with Crippen LogP contribution in [-0.4, -0.2) is 0 Å². The molecule has 2 aliphatic rings. The Kier molecular flexibility index (Phi) is 3.78. The number of benzene rings is 1. The highest BCUT2D eigenvalue weighted by atomic mass is 14.2. The molecule has 0 nitrogen and oxygen atoms in total. The lowest BCUT2D eigenvalue weighted by atomic mass is 9.79. The van der Waals surface area contributed by atoms with Gasteiger partial charge in [0.25, 0.3) is 0 Å². The van der Waals surface area contributed by atoms with Crippen LogP contribution >= 0.6 is 0 Å². The van der Waals surface area contributed by atoms with Gasteiger partial charge in [0.05, 0.1) is 0 Å². The number of rotatable bonds is 3. The summed E-state index contributed by atoms with van der Waals surface area (Å²) >= 11 is 0. The summed E-state index contributed by atoms with van der Waals surface area (Å²) < 4.78 is 0. The summed E-state index contributed by atoms with van der Waals surface area (Å²) in [5.74, 6) is 0.447. The standard InChI is InChI=1S/C19H20/c1-4-10-16(11-5-1)19(17-12-6-2-7-13-17)18-14-8-3-9-15-18/h1-2,4-6,8,10-12,14-15,19H,3,7,9,13H2. The molecule has 0 heteroatoms. The fraction of sp³-hybridized carbons (Fsp3) is 0.263. The molecular weight excluding hydrogens is 228 g/mol. The van der Waals surface area contributed by atoms with Gasteiger partial charge in [-0.1, -0.05) is 72.4 Å². The van der Waals surface area contributed by atoms with E-state index in [1.54, 1.807) is 5.57 Å². The van der Waals surface area contributed by atoms with Crippen molar-refractivity contribution in [1.29, 1.82) is 0 Å². The van der Waals surface area contributed by atoms with Crippen LogP contribution in [0.2, 0.25) is 0 Å². The molecule has 1 unspecified atom stereocenters. The second-order valence-corrected chi connectivity index (χ2v) is 5.24. The van der Waals surface area contributed by atoms with Crippen LogP contribution < -0.4 is 0 Å². The number of hydrogen-bond acceptors (Lipinski definition) is 0. The van der Waals surface area contributed by atoms with Gasteiger partial charge in [0.15, 0.2) is 0 Å². The van der Waals surface area contributed by atoms with Crippen molar-refractivity contribution in [3.05, 3.63) is 83.5 Å². The highest BCUT2D eigenvalue weighted by Crippen LogP contribution is 2.37. The Morgan fingerprint density at radius 2 is 1.79 bits per heavy atom. The van der Waals surface area contributed by atoms with E-state index in [0.717, 1.165) is 0 Å². The largest absolute Gasteiger partial charge is 0.0842 e. The lowest BCUT2D eigenvalue weighted by molar-refractivity contribution is 0.817. The molecule has 0 spiro atoms. The van der Waals surface area contributed by atoms with E-state index in [1.807, 2.05) is 0 Å². The highest BCUT2D eigenvalue weighted by Gasteiger charge is 2.20. The first-order chi connectivity index (χ1) is 9.45. The first-order valence-corrected chi connectivity index (χ1v) is 7.22. The van der Waals surface area contributed by atoms with Gasteiger partial charge >= 0.3 is 0 Å². The third-order valence-corrected chi connectivity index (χ3v) is 3.91. The molecule has 2 aliphatic carbocycles. The second kappa shape index (κ2) is 5.88. The summed E-state index contributed by atoms with van der Waals surface area (Å²) in [5, 5.41) is 0. The predicted octanol–water partition coefficient (Wildman–Crippen LogP) is 5.32. The topological polar surface area (TPSA) is 0 Å².